The zero-order valence-corrected chi connectivity index (χ0v) is 17.6. The first kappa shape index (κ1) is 25.4. The van der Waals surface area contributed by atoms with Crippen molar-refractivity contribution in [3.63, 3.8) is 0 Å². The first-order chi connectivity index (χ1) is 10.2. The normalized spacial score (nSPS) is 11.8. The summed E-state index contributed by atoms with van der Waals surface area (Å²) in [5, 5.41) is 22.9. The number of carboxylic acid groups (broad SMARTS) is 2. The molecule has 0 aliphatic heterocycles. The van der Waals surface area contributed by atoms with Crippen LogP contribution in [0.2, 0.25) is 0 Å². The molecule has 0 aliphatic rings. The summed E-state index contributed by atoms with van der Waals surface area (Å²) in [7, 11) is 0. The number of hydrogen-bond acceptors (Lipinski definition) is 4. The molecule has 0 aromatic carbocycles. The fraction of sp³-hybridized carbons (Fsp3) is 0.889. The van der Waals surface area contributed by atoms with Gasteiger partial charge in [0.2, 0.25) is 0 Å². The molecule has 0 atom stereocenters. The summed E-state index contributed by atoms with van der Waals surface area (Å²) >= 11 is 0. The van der Waals surface area contributed by atoms with E-state index in [4.69, 9.17) is 0 Å². The van der Waals surface area contributed by atoms with Gasteiger partial charge < -0.3 is 19.8 Å². The molecule has 0 aliphatic carbocycles. The molecule has 23 heavy (non-hydrogen) atoms. The van der Waals surface area contributed by atoms with Crippen molar-refractivity contribution in [2.75, 3.05) is 0 Å². The van der Waals surface area contributed by atoms with Gasteiger partial charge in [0.1, 0.15) is 0 Å². The quantitative estimate of drug-likeness (QED) is 0.306. The third-order valence-corrected chi connectivity index (χ3v) is 4.63. The van der Waals surface area contributed by atoms with Gasteiger partial charge in [0.05, 0.1) is 17.4 Å². The number of carboxylic acids is 2. The third-order valence-electron chi connectivity index (χ3n) is 4.63. The number of carbonyl (C=O) groups excluding carboxylic acids is 2. The average Bonchev–Trinajstić information content (AvgIpc) is 2.38. The van der Waals surface area contributed by atoms with Gasteiger partial charge in [0.25, 0.3) is 0 Å². The molecule has 0 bridgehead atoms. The summed E-state index contributed by atoms with van der Waals surface area (Å²) in [5.41, 5.74) is -2.83. The molecule has 130 valence electrons. The minimum Gasteiger partial charge on any atom is -0.549 e. The number of unbranched alkanes of at least 4 members (excludes halogenated alkanes) is 8. The summed E-state index contributed by atoms with van der Waals surface area (Å²) in [6.45, 7) is 7.04. The Morgan fingerprint density at radius 2 is 1.09 bits per heavy atom. The molecule has 0 saturated carbocycles. The Morgan fingerprint density at radius 1 is 0.739 bits per heavy atom. The van der Waals surface area contributed by atoms with Crippen molar-refractivity contribution in [2.45, 2.75) is 91.9 Å². The van der Waals surface area contributed by atoms with Gasteiger partial charge in [-0.2, -0.15) is 0 Å². The van der Waals surface area contributed by atoms with Gasteiger partial charge in [-0.1, -0.05) is 85.5 Å². The first-order valence-electron chi connectivity index (χ1n) is 8.63. The average molecular weight is 353 g/mol. The number of hydrogen-bond donors (Lipinski definition) is 0. The van der Waals surface area contributed by atoms with Crippen molar-refractivity contribution in [1.29, 1.82) is 0 Å². The van der Waals surface area contributed by atoms with Crippen LogP contribution in [0.25, 0.3) is 0 Å². The van der Waals surface area contributed by atoms with Crippen LogP contribution in [0.5, 0.6) is 0 Å². The zero-order chi connectivity index (χ0) is 17.2. The van der Waals surface area contributed by atoms with E-state index in [2.05, 4.69) is 6.92 Å². The van der Waals surface area contributed by atoms with E-state index in [9.17, 15) is 19.8 Å². The molecule has 5 heteroatoms. The van der Waals surface area contributed by atoms with E-state index in [-0.39, 0.29) is 44.2 Å². The molecule has 0 aromatic rings. The first-order valence-corrected chi connectivity index (χ1v) is 8.63. The van der Waals surface area contributed by atoms with Crippen LogP contribution in [0.3, 0.4) is 0 Å². The van der Waals surface area contributed by atoms with Gasteiger partial charge in [-0.3, -0.25) is 0 Å². The third kappa shape index (κ3) is 8.22. The fourth-order valence-electron chi connectivity index (χ4n) is 2.98. The summed E-state index contributed by atoms with van der Waals surface area (Å²) in [4.78, 5) is 22.9. The van der Waals surface area contributed by atoms with Crippen LogP contribution in [-0.2, 0) is 9.59 Å². The van der Waals surface area contributed by atoms with Crippen molar-refractivity contribution in [3.05, 3.63) is 0 Å². The SMILES string of the molecule is CCCCCCCCCCCC(C(=O)[O-])(C(=O)[O-])C(C)(C)C.[Ca+2]. The van der Waals surface area contributed by atoms with Crippen LogP contribution >= 0.6 is 0 Å². The van der Waals surface area contributed by atoms with Crippen LogP contribution in [0, 0.1) is 10.8 Å². The number of aliphatic carboxylic acids is 2. The van der Waals surface area contributed by atoms with Crippen LogP contribution in [0.15, 0.2) is 0 Å². The molecular formula is C18H32CaO4. The monoisotopic (exact) mass is 352 g/mol. The van der Waals surface area contributed by atoms with E-state index in [1.807, 2.05) is 0 Å². The van der Waals surface area contributed by atoms with E-state index in [0.717, 1.165) is 19.3 Å². The second-order valence-corrected chi connectivity index (χ2v) is 7.31. The van der Waals surface area contributed by atoms with Crippen molar-refractivity contribution in [2.24, 2.45) is 10.8 Å². The minimum atomic E-state index is -1.91. The molecule has 0 unspecified atom stereocenters. The second kappa shape index (κ2) is 12.5. The molecule has 0 heterocycles. The molecule has 0 N–H and O–H groups in total. The van der Waals surface area contributed by atoms with Gasteiger partial charge in [-0.05, 0) is 11.8 Å². The standard InChI is InChI=1S/C18H34O4.Ca/c1-5-6-7-8-9-10-11-12-13-14-18(15(19)20,16(21)22)17(2,3)4;/h5-14H2,1-4H3,(H,19,20)(H,21,22);/q;+2/p-2. The smallest absolute Gasteiger partial charge is 0.549 e. The second-order valence-electron chi connectivity index (χ2n) is 7.31. The predicted octanol–water partition coefficient (Wildman–Crippen LogP) is 2.06. The van der Waals surface area contributed by atoms with Gasteiger partial charge in [-0.25, -0.2) is 0 Å². The van der Waals surface area contributed by atoms with Crippen LogP contribution in [0.4, 0.5) is 0 Å². The molecular weight excluding hydrogens is 320 g/mol. The van der Waals surface area contributed by atoms with Gasteiger partial charge >= 0.3 is 37.7 Å². The van der Waals surface area contributed by atoms with Crippen LogP contribution in [0.1, 0.15) is 91.9 Å². The summed E-state index contributed by atoms with van der Waals surface area (Å²) in [6.07, 6.45) is 9.90. The molecule has 0 rings (SSSR count). The maximum atomic E-state index is 11.4. The number of carbonyl (C=O) groups is 2. The molecule has 0 aromatic heterocycles. The van der Waals surface area contributed by atoms with E-state index in [1.165, 1.54) is 32.1 Å². The largest absolute Gasteiger partial charge is 2.00 e. The van der Waals surface area contributed by atoms with Crippen molar-refractivity contribution < 1.29 is 19.8 Å². The maximum absolute atomic E-state index is 11.4. The van der Waals surface area contributed by atoms with Gasteiger partial charge in [-0.15, -0.1) is 0 Å². The molecule has 0 fully saturated rings. The Labute approximate surface area is 171 Å². The van der Waals surface area contributed by atoms with Crippen molar-refractivity contribution in [3.8, 4) is 0 Å². The van der Waals surface area contributed by atoms with Crippen molar-refractivity contribution >= 4 is 49.7 Å². The van der Waals surface area contributed by atoms with E-state index < -0.39 is 22.8 Å². The fourth-order valence-corrected chi connectivity index (χ4v) is 2.98. The summed E-state index contributed by atoms with van der Waals surface area (Å²) < 4.78 is 0. The molecule has 0 saturated heterocycles. The van der Waals surface area contributed by atoms with Gasteiger partial charge in [0, 0.05) is 0 Å². The molecule has 0 amide bonds. The van der Waals surface area contributed by atoms with E-state index in [1.54, 1.807) is 20.8 Å². The summed E-state index contributed by atoms with van der Waals surface area (Å²) in [5.74, 6) is -3.06. The van der Waals surface area contributed by atoms with E-state index >= 15 is 0 Å². The summed E-state index contributed by atoms with van der Waals surface area (Å²) in [6, 6.07) is 0. The molecule has 4 nitrogen and oxygen atoms in total. The molecule has 0 radical (unpaired) electrons. The number of rotatable bonds is 12. The Balaban J connectivity index is 0. The Morgan fingerprint density at radius 3 is 1.39 bits per heavy atom. The predicted molar refractivity (Wildman–Crippen MR) is 89.5 cm³/mol. The Bertz CT molecular complexity index is 333. The maximum Gasteiger partial charge on any atom is 2.00 e. The Hall–Kier alpha value is 0.200. The van der Waals surface area contributed by atoms with E-state index in [0.29, 0.717) is 6.42 Å². The van der Waals surface area contributed by atoms with Crippen LogP contribution in [-0.4, -0.2) is 49.7 Å². The van der Waals surface area contributed by atoms with Gasteiger partial charge in [0.15, 0.2) is 0 Å². The topological polar surface area (TPSA) is 80.3 Å². The van der Waals surface area contributed by atoms with Crippen molar-refractivity contribution in [1.82, 2.24) is 0 Å². The minimum absolute atomic E-state index is 0. The molecule has 0 spiro atoms. The Kier molecular flexibility index (Phi) is 13.9. The van der Waals surface area contributed by atoms with Crippen LogP contribution < -0.4 is 10.2 Å². The zero-order valence-electron chi connectivity index (χ0n) is 15.4.